The first-order valence-corrected chi connectivity index (χ1v) is 6.69. The van der Waals surface area contributed by atoms with Gasteiger partial charge in [0.15, 0.2) is 0 Å². The molecule has 1 aromatic rings. The van der Waals surface area contributed by atoms with Crippen molar-refractivity contribution in [1.29, 1.82) is 0 Å². The Kier molecular flexibility index (Phi) is 5.43. The van der Waals surface area contributed by atoms with Crippen LogP contribution in [-0.2, 0) is 6.18 Å². The van der Waals surface area contributed by atoms with Crippen molar-refractivity contribution in [2.75, 3.05) is 17.6 Å². The fourth-order valence-corrected chi connectivity index (χ4v) is 2.14. The Hall–Kier alpha value is -0.570. The summed E-state index contributed by atoms with van der Waals surface area (Å²) >= 11 is 2.75. The highest BCUT2D eigenvalue weighted by atomic mass is 79.9. The average Bonchev–Trinajstić information content (AvgIpc) is 2.23. The SMILES string of the molecule is FC(F)(F)SCCNc1ccc(C(F)(F)F)cc1Br. The summed E-state index contributed by atoms with van der Waals surface area (Å²) in [5.74, 6) is -0.225. The molecular formula is C10H8BrF6NS. The van der Waals surface area contributed by atoms with Crippen LogP contribution in [0.4, 0.5) is 32.0 Å². The Bertz CT molecular complexity index is 431. The first-order valence-electron chi connectivity index (χ1n) is 4.91. The molecule has 0 fully saturated rings. The lowest BCUT2D eigenvalue weighted by Gasteiger charge is -2.12. The maximum Gasteiger partial charge on any atom is 0.441 e. The maximum absolute atomic E-state index is 12.4. The smallest absolute Gasteiger partial charge is 0.383 e. The van der Waals surface area contributed by atoms with E-state index in [4.69, 9.17) is 0 Å². The summed E-state index contributed by atoms with van der Waals surface area (Å²) in [5, 5.41) is 2.63. The number of benzene rings is 1. The van der Waals surface area contributed by atoms with Crippen molar-refractivity contribution in [3.8, 4) is 0 Å². The van der Waals surface area contributed by atoms with Crippen molar-refractivity contribution >= 4 is 33.4 Å². The van der Waals surface area contributed by atoms with Crippen LogP contribution in [-0.4, -0.2) is 17.8 Å². The molecule has 0 saturated carbocycles. The molecule has 0 atom stereocenters. The predicted molar refractivity (Wildman–Crippen MR) is 66.1 cm³/mol. The van der Waals surface area contributed by atoms with Crippen molar-refractivity contribution in [3.05, 3.63) is 28.2 Å². The van der Waals surface area contributed by atoms with Gasteiger partial charge >= 0.3 is 11.7 Å². The molecule has 19 heavy (non-hydrogen) atoms. The van der Waals surface area contributed by atoms with Crippen LogP contribution in [0.25, 0.3) is 0 Å². The highest BCUT2D eigenvalue weighted by Crippen LogP contribution is 2.34. The molecule has 0 bridgehead atoms. The molecule has 0 aliphatic heterocycles. The first-order chi connectivity index (χ1) is 8.59. The van der Waals surface area contributed by atoms with Gasteiger partial charge in [-0.05, 0) is 45.9 Å². The number of halogens is 7. The molecule has 0 aromatic heterocycles. The summed E-state index contributed by atoms with van der Waals surface area (Å²) in [6.45, 7) is -0.00581. The van der Waals surface area contributed by atoms with E-state index in [-0.39, 0.29) is 28.5 Å². The van der Waals surface area contributed by atoms with Gasteiger partial charge in [-0.3, -0.25) is 0 Å². The second kappa shape index (κ2) is 6.25. The molecule has 1 nitrogen and oxygen atoms in total. The van der Waals surface area contributed by atoms with Gasteiger partial charge in [-0.25, -0.2) is 0 Å². The monoisotopic (exact) mass is 367 g/mol. The third kappa shape index (κ3) is 5.94. The maximum atomic E-state index is 12.4. The van der Waals surface area contributed by atoms with E-state index in [1.54, 1.807) is 0 Å². The minimum absolute atomic E-state index is 0.00581. The van der Waals surface area contributed by atoms with E-state index in [2.05, 4.69) is 21.2 Å². The zero-order valence-electron chi connectivity index (χ0n) is 9.20. The molecule has 0 aliphatic carbocycles. The van der Waals surface area contributed by atoms with E-state index in [0.29, 0.717) is 5.69 Å². The third-order valence-corrected chi connectivity index (χ3v) is 3.37. The number of nitrogens with one attached hydrogen (secondary N) is 1. The topological polar surface area (TPSA) is 12.0 Å². The van der Waals surface area contributed by atoms with Crippen molar-refractivity contribution in [1.82, 2.24) is 0 Å². The number of thioether (sulfide) groups is 1. The molecule has 0 radical (unpaired) electrons. The van der Waals surface area contributed by atoms with Crippen LogP contribution in [0.2, 0.25) is 0 Å². The molecule has 0 amide bonds. The fourth-order valence-electron chi connectivity index (χ4n) is 1.19. The molecule has 0 aliphatic rings. The van der Waals surface area contributed by atoms with Gasteiger partial charge in [0.2, 0.25) is 0 Å². The summed E-state index contributed by atoms with van der Waals surface area (Å²) in [6.07, 6.45) is -4.45. The van der Waals surface area contributed by atoms with Crippen LogP contribution in [0, 0.1) is 0 Å². The van der Waals surface area contributed by atoms with Crippen LogP contribution in [0.15, 0.2) is 22.7 Å². The van der Waals surface area contributed by atoms with Crippen LogP contribution in [0.3, 0.4) is 0 Å². The highest BCUT2D eigenvalue weighted by molar-refractivity contribution is 9.10. The molecule has 1 aromatic carbocycles. The largest absolute Gasteiger partial charge is 0.441 e. The van der Waals surface area contributed by atoms with Gasteiger partial charge in [0, 0.05) is 22.5 Å². The number of rotatable bonds is 4. The van der Waals surface area contributed by atoms with Gasteiger partial charge in [-0.1, -0.05) is 0 Å². The van der Waals surface area contributed by atoms with E-state index in [9.17, 15) is 26.3 Å². The highest BCUT2D eigenvalue weighted by Gasteiger charge is 2.31. The lowest BCUT2D eigenvalue weighted by atomic mass is 10.2. The zero-order valence-corrected chi connectivity index (χ0v) is 11.6. The number of hydrogen-bond donors (Lipinski definition) is 1. The average molecular weight is 368 g/mol. The summed E-state index contributed by atoms with van der Waals surface area (Å²) in [7, 11) is 0. The van der Waals surface area contributed by atoms with Gasteiger partial charge in [0.25, 0.3) is 0 Å². The van der Waals surface area contributed by atoms with Crippen LogP contribution >= 0.6 is 27.7 Å². The molecule has 0 saturated heterocycles. The summed E-state index contributed by atoms with van der Waals surface area (Å²) in [5.41, 5.74) is -4.82. The van der Waals surface area contributed by atoms with E-state index in [1.165, 1.54) is 6.07 Å². The molecule has 9 heteroatoms. The van der Waals surface area contributed by atoms with E-state index in [0.717, 1.165) is 12.1 Å². The van der Waals surface area contributed by atoms with E-state index < -0.39 is 17.2 Å². The quantitative estimate of drug-likeness (QED) is 0.584. The molecule has 1 N–H and O–H groups in total. The normalized spacial score (nSPS) is 12.6. The minimum Gasteiger partial charge on any atom is -0.383 e. The summed E-state index contributed by atoms with van der Waals surface area (Å²) in [4.78, 5) is 0. The van der Waals surface area contributed by atoms with Crippen LogP contribution in [0.5, 0.6) is 0 Å². The fraction of sp³-hybridized carbons (Fsp3) is 0.400. The van der Waals surface area contributed by atoms with Gasteiger partial charge in [0.05, 0.1) is 5.56 Å². The third-order valence-electron chi connectivity index (χ3n) is 1.98. The summed E-state index contributed by atoms with van der Waals surface area (Å²) in [6, 6.07) is 2.91. The summed E-state index contributed by atoms with van der Waals surface area (Å²) < 4.78 is 72.8. The molecule has 1 rings (SSSR count). The zero-order chi connectivity index (χ0) is 14.7. The molecule has 0 spiro atoms. The Morgan fingerprint density at radius 2 is 1.74 bits per heavy atom. The van der Waals surface area contributed by atoms with Gasteiger partial charge in [0.1, 0.15) is 0 Å². The van der Waals surface area contributed by atoms with Crippen molar-refractivity contribution in [2.45, 2.75) is 11.7 Å². The Labute approximate surface area is 117 Å². The van der Waals surface area contributed by atoms with E-state index in [1.807, 2.05) is 0 Å². The predicted octanol–water partition coefficient (Wildman–Crippen LogP) is 5.13. The molecular weight excluding hydrogens is 360 g/mol. The molecule has 108 valence electrons. The van der Waals surface area contributed by atoms with Crippen LogP contribution in [0.1, 0.15) is 5.56 Å². The standard InChI is InChI=1S/C10H8BrF6NS/c11-7-5-6(9(12,13)14)1-2-8(7)18-3-4-19-10(15,16)17/h1-2,5,18H,3-4H2. The first kappa shape index (κ1) is 16.5. The van der Waals surface area contributed by atoms with Crippen LogP contribution < -0.4 is 5.32 Å². The Morgan fingerprint density at radius 1 is 1.11 bits per heavy atom. The molecule has 0 heterocycles. The van der Waals surface area contributed by atoms with Gasteiger partial charge in [-0.15, -0.1) is 0 Å². The van der Waals surface area contributed by atoms with Crippen molar-refractivity contribution < 1.29 is 26.3 Å². The van der Waals surface area contributed by atoms with Crippen molar-refractivity contribution in [2.24, 2.45) is 0 Å². The number of hydrogen-bond acceptors (Lipinski definition) is 2. The Balaban J connectivity index is 2.57. The Morgan fingerprint density at radius 3 is 2.21 bits per heavy atom. The lowest BCUT2D eigenvalue weighted by molar-refractivity contribution is -0.137. The second-order valence-electron chi connectivity index (χ2n) is 3.41. The second-order valence-corrected chi connectivity index (χ2v) is 5.43. The lowest BCUT2D eigenvalue weighted by Crippen LogP contribution is -2.10. The number of anilines is 1. The van der Waals surface area contributed by atoms with Gasteiger partial charge in [-0.2, -0.15) is 26.3 Å². The van der Waals surface area contributed by atoms with Gasteiger partial charge < -0.3 is 5.32 Å². The minimum atomic E-state index is -4.45. The van der Waals surface area contributed by atoms with Crippen molar-refractivity contribution in [3.63, 3.8) is 0 Å². The molecule has 0 unspecified atom stereocenters. The van der Waals surface area contributed by atoms with E-state index >= 15 is 0 Å². The number of alkyl halides is 6.